The first-order valence-corrected chi connectivity index (χ1v) is 9.93. The first kappa shape index (κ1) is 17.4. The van der Waals surface area contributed by atoms with Crippen molar-refractivity contribution in [2.75, 3.05) is 13.1 Å². The lowest BCUT2D eigenvalue weighted by Gasteiger charge is -2.42. The highest BCUT2D eigenvalue weighted by atomic mass is 16.1. The first-order chi connectivity index (χ1) is 13.5. The van der Waals surface area contributed by atoms with E-state index in [2.05, 4.69) is 27.1 Å². The number of pyridine rings is 1. The van der Waals surface area contributed by atoms with Gasteiger partial charge in [-0.3, -0.25) is 14.4 Å². The number of imidazole rings is 1. The van der Waals surface area contributed by atoms with Crippen LogP contribution in [0.5, 0.6) is 0 Å². The molecule has 7 heteroatoms. The Morgan fingerprint density at radius 3 is 2.75 bits per heavy atom. The number of likely N-dealkylation sites (tertiary alicyclic amines) is 1. The smallest absolute Gasteiger partial charge is 0.261 e. The zero-order chi connectivity index (χ0) is 19.4. The summed E-state index contributed by atoms with van der Waals surface area (Å²) in [5, 5.41) is 4.47. The van der Waals surface area contributed by atoms with Crippen LogP contribution in [0.4, 0.5) is 0 Å². The Bertz CT molecular complexity index is 1090. The molecule has 0 amide bonds. The molecular weight excluding hydrogens is 352 g/mol. The predicted molar refractivity (Wildman–Crippen MR) is 107 cm³/mol. The normalized spacial score (nSPS) is 21.7. The molecule has 7 nitrogen and oxygen atoms in total. The summed E-state index contributed by atoms with van der Waals surface area (Å²) >= 11 is 0. The Kier molecular flexibility index (Phi) is 4.01. The van der Waals surface area contributed by atoms with Gasteiger partial charge in [-0.1, -0.05) is 0 Å². The van der Waals surface area contributed by atoms with E-state index in [9.17, 15) is 4.79 Å². The van der Waals surface area contributed by atoms with Gasteiger partial charge in [0.1, 0.15) is 5.82 Å². The van der Waals surface area contributed by atoms with E-state index in [1.807, 2.05) is 47.1 Å². The molecule has 2 aliphatic heterocycles. The standard InChI is InChI=1S/C21H26N6O/c1-14-8-17(25(3)23-14)13-26-10-15-9-16(12-26)19-5-4-18(21(28)27(19)11-15)20-22-6-7-24(20)2/h4-8,15-16H,9-13H2,1-3H3/t15-,16+/m0/s1. The quantitative estimate of drug-likeness (QED) is 0.699. The van der Waals surface area contributed by atoms with Crippen molar-refractivity contribution in [2.24, 2.45) is 20.0 Å². The average Bonchev–Trinajstić information content (AvgIpc) is 3.21. The average molecular weight is 378 g/mol. The summed E-state index contributed by atoms with van der Waals surface area (Å²) in [6, 6.07) is 6.27. The Balaban J connectivity index is 1.44. The summed E-state index contributed by atoms with van der Waals surface area (Å²) in [5.41, 5.74) is 4.27. The monoisotopic (exact) mass is 378 g/mol. The molecule has 0 aromatic carbocycles. The van der Waals surface area contributed by atoms with E-state index in [0.717, 1.165) is 37.7 Å². The van der Waals surface area contributed by atoms with Crippen LogP contribution in [-0.4, -0.2) is 41.9 Å². The second-order valence-corrected chi connectivity index (χ2v) is 8.34. The Morgan fingerprint density at radius 2 is 2.04 bits per heavy atom. The van der Waals surface area contributed by atoms with Crippen LogP contribution >= 0.6 is 0 Å². The fraction of sp³-hybridized carbons (Fsp3) is 0.476. The number of aryl methyl sites for hydroxylation is 3. The van der Waals surface area contributed by atoms with Gasteiger partial charge in [0.15, 0.2) is 0 Å². The van der Waals surface area contributed by atoms with E-state index in [1.54, 1.807) is 6.20 Å². The Morgan fingerprint density at radius 1 is 1.18 bits per heavy atom. The van der Waals surface area contributed by atoms with E-state index >= 15 is 0 Å². The van der Waals surface area contributed by atoms with E-state index in [4.69, 9.17) is 0 Å². The van der Waals surface area contributed by atoms with Crippen molar-refractivity contribution in [1.82, 2.24) is 28.8 Å². The van der Waals surface area contributed by atoms with Crippen LogP contribution < -0.4 is 5.56 Å². The van der Waals surface area contributed by atoms with Crippen molar-refractivity contribution < 1.29 is 0 Å². The third-order valence-corrected chi connectivity index (χ3v) is 6.23. The van der Waals surface area contributed by atoms with E-state index < -0.39 is 0 Å². The lowest BCUT2D eigenvalue weighted by Crippen LogP contribution is -2.47. The first-order valence-electron chi connectivity index (χ1n) is 9.93. The molecule has 3 aromatic heterocycles. The largest absolute Gasteiger partial charge is 0.334 e. The number of hydrogen-bond acceptors (Lipinski definition) is 4. The van der Waals surface area contributed by atoms with Gasteiger partial charge < -0.3 is 9.13 Å². The number of fused-ring (bicyclic) bond motifs is 4. The van der Waals surface area contributed by atoms with Gasteiger partial charge in [-0.25, -0.2) is 4.98 Å². The van der Waals surface area contributed by atoms with Crippen LogP contribution in [0.15, 0.2) is 35.4 Å². The van der Waals surface area contributed by atoms with Gasteiger partial charge in [-0.15, -0.1) is 0 Å². The van der Waals surface area contributed by atoms with Gasteiger partial charge in [0.25, 0.3) is 5.56 Å². The van der Waals surface area contributed by atoms with Crippen LogP contribution in [0.25, 0.3) is 11.4 Å². The molecule has 28 heavy (non-hydrogen) atoms. The van der Waals surface area contributed by atoms with Crippen molar-refractivity contribution in [2.45, 2.75) is 32.4 Å². The second kappa shape index (κ2) is 6.44. The van der Waals surface area contributed by atoms with Crippen LogP contribution in [-0.2, 0) is 27.2 Å². The van der Waals surface area contributed by atoms with Gasteiger partial charge in [0, 0.05) is 64.3 Å². The molecule has 3 aromatic rings. The molecule has 0 saturated carbocycles. The molecular formula is C21H26N6O. The molecule has 0 radical (unpaired) electrons. The lowest BCUT2D eigenvalue weighted by atomic mass is 9.83. The van der Waals surface area contributed by atoms with Gasteiger partial charge >= 0.3 is 0 Å². The number of piperidine rings is 1. The molecule has 1 saturated heterocycles. The Hall–Kier alpha value is -2.67. The number of hydrogen-bond donors (Lipinski definition) is 0. The topological polar surface area (TPSA) is 60.9 Å². The number of nitrogens with zero attached hydrogens (tertiary/aromatic N) is 6. The molecule has 1 fully saturated rings. The summed E-state index contributed by atoms with van der Waals surface area (Å²) in [4.78, 5) is 20.1. The maximum Gasteiger partial charge on any atom is 0.261 e. The van der Waals surface area contributed by atoms with Crippen LogP contribution in [0.3, 0.4) is 0 Å². The minimum atomic E-state index is 0.0946. The number of aromatic nitrogens is 5. The summed E-state index contributed by atoms with van der Waals surface area (Å²) in [6.07, 6.45) is 4.79. The lowest BCUT2D eigenvalue weighted by molar-refractivity contribution is 0.112. The molecule has 146 valence electrons. The van der Waals surface area contributed by atoms with E-state index in [1.165, 1.54) is 17.8 Å². The molecule has 0 aliphatic carbocycles. The summed E-state index contributed by atoms with van der Waals surface area (Å²) in [7, 11) is 3.94. The highest BCUT2D eigenvalue weighted by Crippen LogP contribution is 2.36. The van der Waals surface area contributed by atoms with Crippen molar-refractivity contribution in [3.63, 3.8) is 0 Å². The molecule has 2 atom stereocenters. The van der Waals surface area contributed by atoms with Gasteiger partial charge in [0.2, 0.25) is 0 Å². The third-order valence-electron chi connectivity index (χ3n) is 6.23. The molecule has 5 heterocycles. The summed E-state index contributed by atoms with van der Waals surface area (Å²) in [5.74, 6) is 1.66. The van der Waals surface area contributed by atoms with Crippen LogP contribution in [0.2, 0.25) is 0 Å². The Labute approximate surface area is 164 Å². The molecule has 2 bridgehead atoms. The summed E-state index contributed by atoms with van der Waals surface area (Å²) in [6.45, 7) is 5.77. The molecule has 5 rings (SSSR count). The van der Waals surface area contributed by atoms with E-state index in [-0.39, 0.29) is 5.56 Å². The van der Waals surface area contributed by atoms with Crippen LogP contribution in [0, 0.1) is 12.8 Å². The van der Waals surface area contributed by atoms with Crippen LogP contribution in [0.1, 0.15) is 29.4 Å². The maximum atomic E-state index is 13.2. The van der Waals surface area contributed by atoms with Crippen molar-refractivity contribution in [1.29, 1.82) is 0 Å². The van der Waals surface area contributed by atoms with Crippen molar-refractivity contribution in [3.8, 4) is 11.4 Å². The van der Waals surface area contributed by atoms with Gasteiger partial charge in [-0.2, -0.15) is 5.10 Å². The second-order valence-electron chi connectivity index (χ2n) is 8.34. The highest BCUT2D eigenvalue weighted by Gasteiger charge is 2.35. The molecule has 0 spiro atoms. The fourth-order valence-corrected chi connectivity index (χ4v) is 5.01. The fourth-order valence-electron chi connectivity index (χ4n) is 5.01. The highest BCUT2D eigenvalue weighted by molar-refractivity contribution is 5.54. The molecule has 0 unspecified atom stereocenters. The van der Waals surface area contributed by atoms with Gasteiger partial charge in [0.05, 0.1) is 17.0 Å². The minimum Gasteiger partial charge on any atom is -0.334 e. The van der Waals surface area contributed by atoms with Gasteiger partial charge in [-0.05, 0) is 37.5 Å². The zero-order valence-electron chi connectivity index (χ0n) is 16.7. The maximum absolute atomic E-state index is 13.2. The minimum absolute atomic E-state index is 0.0946. The summed E-state index contributed by atoms with van der Waals surface area (Å²) < 4.78 is 5.90. The molecule has 0 N–H and O–H groups in total. The van der Waals surface area contributed by atoms with Crippen molar-refractivity contribution >= 4 is 0 Å². The zero-order valence-corrected chi connectivity index (χ0v) is 16.7. The van der Waals surface area contributed by atoms with Crippen molar-refractivity contribution in [3.05, 3.63) is 58.0 Å². The predicted octanol–water partition coefficient (Wildman–Crippen LogP) is 1.91. The third kappa shape index (κ3) is 2.81. The molecule has 2 aliphatic rings. The SMILES string of the molecule is Cc1cc(CN2C[C@@H]3C[C@H](C2)c2ccc(-c4nccn4C)c(=O)n2C3)n(C)n1. The number of rotatable bonds is 3. The van der Waals surface area contributed by atoms with E-state index in [0.29, 0.717) is 17.4 Å².